The number of ether oxygens (including phenoxy) is 1. The van der Waals surface area contributed by atoms with Crippen LogP contribution in [0, 0.1) is 0 Å². The van der Waals surface area contributed by atoms with Crippen LogP contribution in [-0.2, 0) is 18.4 Å². The number of nitrogens with zero attached hydrogens (tertiary/aromatic N) is 1. The van der Waals surface area contributed by atoms with Gasteiger partial charge in [0.15, 0.2) is 5.13 Å². The van der Waals surface area contributed by atoms with Crippen molar-refractivity contribution < 1.29 is 4.74 Å². The van der Waals surface area contributed by atoms with E-state index >= 15 is 0 Å². The summed E-state index contributed by atoms with van der Waals surface area (Å²) in [7, 11) is 0. The Morgan fingerprint density at radius 2 is 2.09 bits per heavy atom. The van der Waals surface area contributed by atoms with E-state index in [0.29, 0.717) is 5.13 Å². The fourth-order valence-electron chi connectivity index (χ4n) is 3.13. The molecule has 1 saturated carbocycles. The molecule has 4 rings (SSSR count). The molecular formula is C17H21N3OS. The Labute approximate surface area is 134 Å². The Kier molecular flexibility index (Phi) is 3.00. The van der Waals surface area contributed by atoms with Crippen molar-refractivity contribution >= 4 is 16.5 Å². The number of aryl methyl sites for hydroxylation is 1. The predicted molar refractivity (Wildman–Crippen MR) is 89.1 cm³/mol. The lowest BCUT2D eigenvalue weighted by Crippen LogP contribution is -2.41. The topological polar surface area (TPSA) is 74.2 Å². The Bertz CT molecular complexity index is 722. The standard InChI is InChI=1S/C17H21N3OS/c1-16(7-8-16)21-12-4-2-3-11(9-12)17(19)6-5-13-14(10-17)22-15(18)20-13/h2-4,9H,5-8,10,19H2,1H3,(H2,18,20). The molecule has 0 bridgehead atoms. The molecule has 1 heterocycles. The highest BCUT2D eigenvalue weighted by atomic mass is 32.1. The minimum absolute atomic E-state index is 0.0340. The van der Waals surface area contributed by atoms with Crippen molar-refractivity contribution in [3.63, 3.8) is 0 Å². The molecule has 4 N–H and O–H groups in total. The van der Waals surface area contributed by atoms with Gasteiger partial charge in [-0.05, 0) is 50.3 Å². The summed E-state index contributed by atoms with van der Waals surface area (Å²) in [6.07, 6.45) is 4.85. The maximum atomic E-state index is 6.74. The molecule has 2 aromatic rings. The van der Waals surface area contributed by atoms with E-state index in [0.717, 1.165) is 49.1 Å². The van der Waals surface area contributed by atoms with Crippen molar-refractivity contribution in [1.29, 1.82) is 0 Å². The summed E-state index contributed by atoms with van der Waals surface area (Å²) >= 11 is 1.57. The van der Waals surface area contributed by atoms with Crippen LogP contribution in [0.2, 0.25) is 0 Å². The number of hydrogen-bond donors (Lipinski definition) is 2. The molecule has 0 amide bonds. The minimum atomic E-state index is -0.351. The molecule has 0 saturated heterocycles. The van der Waals surface area contributed by atoms with Gasteiger partial charge in [-0.15, -0.1) is 11.3 Å². The molecule has 22 heavy (non-hydrogen) atoms. The van der Waals surface area contributed by atoms with E-state index in [1.54, 1.807) is 11.3 Å². The third kappa shape index (κ3) is 2.48. The maximum absolute atomic E-state index is 6.74. The van der Waals surface area contributed by atoms with Crippen LogP contribution in [0.4, 0.5) is 5.13 Å². The van der Waals surface area contributed by atoms with Crippen molar-refractivity contribution in [2.75, 3.05) is 5.73 Å². The average Bonchev–Trinajstić information content (AvgIpc) is 3.07. The Hall–Kier alpha value is -1.59. The largest absolute Gasteiger partial charge is 0.488 e. The van der Waals surface area contributed by atoms with E-state index < -0.39 is 0 Å². The average molecular weight is 315 g/mol. The first-order chi connectivity index (χ1) is 10.5. The second kappa shape index (κ2) is 4.70. The molecule has 2 aliphatic carbocycles. The van der Waals surface area contributed by atoms with Crippen molar-refractivity contribution in [2.24, 2.45) is 5.73 Å². The Morgan fingerprint density at radius 1 is 1.27 bits per heavy atom. The van der Waals surface area contributed by atoms with Gasteiger partial charge in [0.25, 0.3) is 0 Å². The third-order valence-electron chi connectivity index (χ3n) is 4.81. The quantitative estimate of drug-likeness (QED) is 0.913. The molecule has 2 aliphatic rings. The van der Waals surface area contributed by atoms with Crippen molar-refractivity contribution in [3.05, 3.63) is 40.4 Å². The minimum Gasteiger partial charge on any atom is -0.488 e. The van der Waals surface area contributed by atoms with Crippen LogP contribution in [0.25, 0.3) is 0 Å². The summed E-state index contributed by atoms with van der Waals surface area (Å²) in [4.78, 5) is 5.63. The highest BCUT2D eigenvalue weighted by Gasteiger charge is 2.40. The number of aromatic nitrogens is 1. The molecule has 5 heteroatoms. The zero-order valence-corrected chi connectivity index (χ0v) is 13.6. The van der Waals surface area contributed by atoms with Crippen LogP contribution in [0.3, 0.4) is 0 Å². The van der Waals surface area contributed by atoms with Crippen LogP contribution < -0.4 is 16.2 Å². The summed E-state index contributed by atoms with van der Waals surface area (Å²) < 4.78 is 6.08. The molecular weight excluding hydrogens is 294 g/mol. The summed E-state index contributed by atoms with van der Waals surface area (Å²) in [5.74, 6) is 0.928. The van der Waals surface area contributed by atoms with E-state index in [2.05, 4.69) is 24.0 Å². The fraction of sp³-hybridized carbons (Fsp3) is 0.471. The molecule has 1 unspecified atom stereocenters. The van der Waals surface area contributed by atoms with E-state index in [4.69, 9.17) is 16.2 Å². The fourth-order valence-corrected chi connectivity index (χ4v) is 4.13. The van der Waals surface area contributed by atoms with Gasteiger partial charge in [-0.2, -0.15) is 0 Å². The van der Waals surface area contributed by atoms with Gasteiger partial charge in [-0.25, -0.2) is 4.98 Å². The summed E-state index contributed by atoms with van der Waals surface area (Å²) in [5, 5.41) is 0.646. The molecule has 1 fully saturated rings. The summed E-state index contributed by atoms with van der Waals surface area (Å²) in [5.41, 5.74) is 14.5. The Balaban J connectivity index is 1.62. The number of thiazole rings is 1. The van der Waals surface area contributed by atoms with Gasteiger partial charge in [0, 0.05) is 16.8 Å². The molecule has 1 atom stereocenters. The molecule has 4 nitrogen and oxygen atoms in total. The SMILES string of the molecule is CC1(Oc2cccc(C3(N)CCc4nc(N)sc4C3)c2)CC1. The van der Waals surface area contributed by atoms with Crippen molar-refractivity contribution in [3.8, 4) is 5.75 Å². The lowest BCUT2D eigenvalue weighted by molar-refractivity contribution is 0.199. The predicted octanol–water partition coefficient (Wildman–Crippen LogP) is 3.00. The monoisotopic (exact) mass is 315 g/mol. The lowest BCUT2D eigenvalue weighted by Gasteiger charge is -2.33. The van der Waals surface area contributed by atoms with Crippen LogP contribution >= 0.6 is 11.3 Å². The maximum Gasteiger partial charge on any atom is 0.180 e. The third-order valence-corrected chi connectivity index (χ3v) is 5.73. The number of rotatable bonds is 3. The molecule has 1 aromatic carbocycles. The van der Waals surface area contributed by atoms with E-state index in [9.17, 15) is 0 Å². The van der Waals surface area contributed by atoms with E-state index in [1.807, 2.05) is 12.1 Å². The van der Waals surface area contributed by atoms with Gasteiger partial charge in [0.2, 0.25) is 0 Å². The second-order valence-electron chi connectivity index (χ2n) is 6.83. The number of anilines is 1. The first-order valence-electron chi connectivity index (χ1n) is 7.78. The highest BCUT2D eigenvalue weighted by Crippen LogP contribution is 2.42. The normalized spacial score (nSPS) is 25.5. The first-order valence-corrected chi connectivity index (χ1v) is 8.60. The molecule has 0 aliphatic heterocycles. The molecule has 1 aromatic heterocycles. The van der Waals surface area contributed by atoms with Crippen molar-refractivity contribution in [1.82, 2.24) is 4.98 Å². The zero-order valence-electron chi connectivity index (χ0n) is 12.8. The second-order valence-corrected chi connectivity index (χ2v) is 7.95. The van der Waals surface area contributed by atoms with Gasteiger partial charge in [0.05, 0.1) is 5.69 Å². The number of fused-ring (bicyclic) bond motifs is 1. The van der Waals surface area contributed by atoms with Crippen LogP contribution in [0.5, 0.6) is 5.75 Å². The molecule has 0 spiro atoms. The molecule has 116 valence electrons. The van der Waals surface area contributed by atoms with E-state index in [1.165, 1.54) is 4.88 Å². The number of nitrogens with two attached hydrogens (primary N) is 2. The van der Waals surface area contributed by atoms with Gasteiger partial charge >= 0.3 is 0 Å². The first kappa shape index (κ1) is 14.0. The van der Waals surface area contributed by atoms with Crippen molar-refractivity contribution in [2.45, 2.75) is 50.2 Å². The smallest absolute Gasteiger partial charge is 0.180 e. The lowest BCUT2D eigenvalue weighted by atomic mass is 9.78. The summed E-state index contributed by atoms with van der Waals surface area (Å²) in [6, 6.07) is 8.29. The van der Waals surface area contributed by atoms with E-state index in [-0.39, 0.29) is 11.1 Å². The number of hydrogen-bond acceptors (Lipinski definition) is 5. The van der Waals surface area contributed by atoms with Crippen LogP contribution in [-0.4, -0.2) is 10.6 Å². The summed E-state index contributed by atoms with van der Waals surface area (Å²) in [6.45, 7) is 2.16. The van der Waals surface area contributed by atoms with Gasteiger partial charge < -0.3 is 16.2 Å². The zero-order chi connectivity index (χ0) is 15.4. The molecule has 0 radical (unpaired) electrons. The number of benzene rings is 1. The van der Waals surface area contributed by atoms with Gasteiger partial charge in [-0.1, -0.05) is 12.1 Å². The highest BCUT2D eigenvalue weighted by molar-refractivity contribution is 7.15. The van der Waals surface area contributed by atoms with Crippen LogP contribution in [0.15, 0.2) is 24.3 Å². The van der Waals surface area contributed by atoms with Crippen LogP contribution in [0.1, 0.15) is 42.3 Å². The van der Waals surface area contributed by atoms with Gasteiger partial charge in [0.1, 0.15) is 11.4 Å². The number of nitrogen functional groups attached to an aromatic ring is 1. The van der Waals surface area contributed by atoms with Gasteiger partial charge in [-0.3, -0.25) is 0 Å². The Morgan fingerprint density at radius 3 is 2.86 bits per heavy atom.